The number of benzene rings is 1. The van der Waals surface area contributed by atoms with E-state index in [0.717, 1.165) is 10.0 Å². The normalized spacial score (nSPS) is 12.2. The van der Waals surface area contributed by atoms with E-state index in [2.05, 4.69) is 15.9 Å². The second-order valence-electron chi connectivity index (χ2n) is 3.19. The highest BCUT2D eigenvalue weighted by Crippen LogP contribution is 2.28. The van der Waals surface area contributed by atoms with Crippen LogP contribution in [-0.4, -0.2) is 31.4 Å². The Morgan fingerprint density at radius 3 is 2.69 bits per heavy atom. The molecule has 0 amide bonds. The summed E-state index contributed by atoms with van der Waals surface area (Å²) in [7, 11) is 2.93. The van der Waals surface area contributed by atoms with Gasteiger partial charge in [0.2, 0.25) is 0 Å². The van der Waals surface area contributed by atoms with Gasteiger partial charge in [-0.2, -0.15) is 0 Å². The first-order valence-corrected chi connectivity index (χ1v) is 5.46. The van der Waals surface area contributed by atoms with Crippen molar-refractivity contribution in [1.82, 2.24) is 0 Å². The van der Waals surface area contributed by atoms with Gasteiger partial charge in [0, 0.05) is 23.6 Å². The number of methoxy groups -OCH3 is 2. The number of ether oxygens (including phenoxy) is 2. The zero-order chi connectivity index (χ0) is 12.1. The summed E-state index contributed by atoms with van der Waals surface area (Å²) in [5.41, 5.74) is 0.791. The maximum Gasteiger partial charge on any atom is 0.333 e. The van der Waals surface area contributed by atoms with Gasteiger partial charge >= 0.3 is 5.97 Å². The van der Waals surface area contributed by atoms with Crippen LogP contribution in [0.15, 0.2) is 22.7 Å². The van der Waals surface area contributed by atoms with E-state index in [0.29, 0.717) is 5.75 Å². The largest absolute Gasteiger partial charge is 0.496 e. The highest BCUT2D eigenvalue weighted by atomic mass is 79.9. The van der Waals surface area contributed by atoms with Crippen molar-refractivity contribution >= 4 is 21.9 Å². The van der Waals surface area contributed by atoms with Crippen molar-refractivity contribution in [1.29, 1.82) is 0 Å². The van der Waals surface area contributed by atoms with E-state index >= 15 is 0 Å². The molecular formula is C11H13BrO4. The Kier molecular flexibility index (Phi) is 4.76. The van der Waals surface area contributed by atoms with Gasteiger partial charge in [0.1, 0.15) is 5.75 Å². The van der Waals surface area contributed by atoms with Crippen LogP contribution in [0.2, 0.25) is 0 Å². The van der Waals surface area contributed by atoms with Crippen molar-refractivity contribution in [3.63, 3.8) is 0 Å². The fraction of sp³-hybridized carbons (Fsp3) is 0.364. The molecule has 0 saturated carbocycles. The highest BCUT2D eigenvalue weighted by molar-refractivity contribution is 9.10. The van der Waals surface area contributed by atoms with Crippen molar-refractivity contribution in [2.24, 2.45) is 0 Å². The van der Waals surface area contributed by atoms with Crippen LogP contribution in [0.5, 0.6) is 5.75 Å². The number of halogens is 1. The number of hydrogen-bond acceptors (Lipinski definition) is 3. The molecule has 88 valence electrons. The van der Waals surface area contributed by atoms with Crippen LogP contribution < -0.4 is 4.74 Å². The number of rotatable bonds is 5. The van der Waals surface area contributed by atoms with Gasteiger partial charge in [-0.15, -0.1) is 0 Å². The summed E-state index contributed by atoms with van der Waals surface area (Å²) in [6.07, 6.45) is -0.608. The summed E-state index contributed by atoms with van der Waals surface area (Å²) < 4.78 is 10.9. The Balaban J connectivity index is 2.98. The average molecular weight is 289 g/mol. The van der Waals surface area contributed by atoms with Gasteiger partial charge in [-0.1, -0.05) is 22.0 Å². The quantitative estimate of drug-likeness (QED) is 0.902. The first-order chi connectivity index (χ1) is 7.60. The lowest BCUT2D eigenvalue weighted by Crippen LogP contribution is -2.25. The summed E-state index contributed by atoms with van der Waals surface area (Å²) >= 11 is 3.37. The van der Waals surface area contributed by atoms with Crippen molar-refractivity contribution in [3.05, 3.63) is 28.2 Å². The molecule has 0 heterocycles. The Morgan fingerprint density at radius 1 is 1.50 bits per heavy atom. The Bertz CT molecular complexity index is 378. The molecule has 0 bridgehead atoms. The minimum atomic E-state index is -0.986. The minimum Gasteiger partial charge on any atom is -0.496 e. The maximum absolute atomic E-state index is 10.9. The fourth-order valence-corrected chi connectivity index (χ4v) is 1.89. The Hall–Kier alpha value is -1.07. The zero-order valence-electron chi connectivity index (χ0n) is 9.07. The number of carboxylic acids is 1. The molecule has 16 heavy (non-hydrogen) atoms. The van der Waals surface area contributed by atoms with Crippen LogP contribution in [0.3, 0.4) is 0 Å². The molecule has 0 spiro atoms. The SMILES string of the molecule is COc1cccc(Br)c1CC(OC)C(=O)O. The number of aliphatic carboxylic acids is 1. The van der Waals surface area contributed by atoms with Crippen molar-refractivity contribution < 1.29 is 19.4 Å². The van der Waals surface area contributed by atoms with Crippen LogP contribution in [-0.2, 0) is 16.0 Å². The van der Waals surface area contributed by atoms with E-state index in [1.165, 1.54) is 7.11 Å². The summed E-state index contributed by atoms with van der Waals surface area (Å²) in [5, 5.41) is 8.91. The van der Waals surface area contributed by atoms with Gasteiger partial charge in [-0.25, -0.2) is 4.79 Å². The fourth-order valence-electron chi connectivity index (χ4n) is 1.39. The van der Waals surface area contributed by atoms with Gasteiger partial charge in [-0.05, 0) is 12.1 Å². The predicted molar refractivity (Wildman–Crippen MR) is 62.8 cm³/mol. The minimum absolute atomic E-state index is 0.260. The molecule has 1 rings (SSSR count). The average Bonchev–Trinajstić information content (AvgIpc) is 2.26. The van der Waals surface area contributed by atoms with E-state index in [-0.39, 0.29) is 6.42 Å². The van der Waals surface area contributed by atoms with Gasteiger partial charge in [0.15, 0.2) is 6.10 Å². The third kappa shape index (κ3) is 2.96. The monoisotopic (exact) mass is 288 g/mol. The molecule has 0 aliphatic carbocycles. The van der Waals surface area contributed by atoms with Crippen LogP contribution in [0.25, 0.3) is 0 Å². The first kappa shape index (κ1) is 13.0. The molecule has 1 aromatic carbocycles. The van der Waals surface area contributed by atoms with E-state index in [1.54, 1.807) is 13.2 Å². The van der Waals surface area contributed by atoms with E-state index < -0.39 is 12.1 Å². The van der Waals surface area contributed by atoms with Gasteiger partial charge in [-0.3, -0.25) is 0 Å². The third-order valence-corrected chi connectivity index (χ3v) is 2.99. The molecule has 1 N–H and O–H groups in total. The van der Waals surface area contributed by atoms with Crippen molar-refractivity contribution in [2.75, 3.05) is 14.2 Å². The third-order valence-electron chi connectivity index (χ3n) is 2.25. The van der Waals surface area contributed by atoms with Crippen LogP contribution in [0, 0.1) is 0 Å². The summed E-state index contributed by atoms with van der Waals surface area (Å²) in [6.45, 7) is 0. The summed E-state index contributed by atoms with van der Waals surface area (Å²) in [4.78, 5) is 10.9. The maximum atomic E-state index is 10.9. The Morgan fingerprint density at radius 2 is 2.19 bits per heavy atom. The predicted octanol–water partition coefficient (Wildman–Crippen LogP) is 2.10. The van der Waals surface area contributed by atoms with Crippen molar-refractivity contribution in [2.45, 2.75) is 12.5 Å². The van der Waals surface area contributed by atoms with Crippen LogP contribution >= 0.6 is 15.9 Å². The number of carboxylic acid groups (broad SMARTS) is 1. The van der Waals surface area contributed by atoms with Crippen molar-refractivity contribution in [3.8, 4) is 5.75 Å². The lowest BCUT2D eigenvalue weighted by atomic mass is 10.1. The second kappa shape index (κ2) is 5.86. The van der Waals surface area contributed by atoms with Crippen LogP contribution in [0.4, 0.5) is 0 Å². The van der Waals surface area contributed by atoms with Gasteiger partial charge < -0.3 is 14.6 Å². The number of hydrogen-bond donors (Lipinski definition) is 1. The van der Waals surface area contributed by atoms with E-state index in [1.807, 2.05) is 12.1 Å². The smallest absolute Gasteiger partial charge is 0.333 e. The molecule has 0 fully saturated rings. The summed E-state index contributed by atoms with van der Waals surface area (Å²) in [6, 6.07) is 5.45. The molecule has 5 heteroatoms. The molecule has 1 unspecified atom stereocenters. The molecule has 0 aromatic heterocycles. The molecule has 1 aromatic rings. The van der Waals surface area contributed by atoms with Crippen LogP contribution in [0.1, 0.15) is 5.56 Å². The molecule has 1 atom stereocenters. The first-order valence-electron chi connectivity index (χ1n) is 4.67. The molecule has 4 nitrogen and oxygen atoms in total. The van der Waals surface area contributed by atoms with E-state index in [4.69, 9.17) is 14.6 Å². The number of carbonyl (C=O) groups is 1. The second-order valence-corrected chi connectivity index (χ2v) is 4.04. The van der Waals surface area contributed by atoms with Gasteiger partial charge in [0.05, 0.1) is 7.11 Å². The zero-order valence-corrected chi connectivity index (χ0v) is 10.7. The summed E-state index contributed by atoms with van der Waals surface area (Å²) in [5.74, 6) is -0.335. The molecule has 0 aliphatic rings. The molecule has 0 radical (unpaired) electrons. The molecular weight excluding hydrogens is 276 g/mol. The standard InChI is InChI=1S/C11H13BrO4/c1-15-9-5-3-4-8(12)7(9)6-10(16-2)11(13)14/h3-5,10H,6H2,1-2H3,(H,13,14). The molecule has 0 aliphatic heterocycles. The molecule has 0 saturated heterocycles. The van der Waals surface area contributed by atoms with Gasteiger partial charge in [0.25, 0.3) is 0 Å². The topological polar surface area (TPSA) is 55.8 Å². The lowest BCUT2D eigenvalue weighted by molar-refractivity contribution is -0.148. The Labute approximate surface area is 102 Å². The highest BCUT2D eigenvalue weighted by Gasteiger charge is 2.20. The van der Waals surface area contributed by atoms with E-state index in [9.17, 15) is 4.79 Å². The lowest BCUT2D eigenvalue weighted by Gasteiger charge is -2.14.